The van der Waals surface area contributed by atoms with Crippen LogP contribution in [0.1, 0.15) is 34.7 Å². The normalized spacial score (nSPS) is 19.4. The van der Waals surface area contributed by atoms with E-state index in [4.69, 9.17) is 0 Å². The molecule has 0 heterocycles. The number of carbonyl (C=O) groups excluding carboxylic acids is 1. The Balaban J connectivity index is 1.48. The van der Waals surface area contributed by atoms with E-state index in [-0.39, 0.29) is 11.8 Å². The van der Waals surface area contributed by atoms with Crippen molar-refractivity contribution in [1.82, 2.24) is 5.32 Å². The van der Waals surface area contributed by atoms with Crippen LogP contribution >= 0.6 is 0 Å². The first-order valence-corrected chi connectivity index (χ1v) is 10.9. The van der Waals surface area contributed by atoms with Crippen LogP contribution in [-0.4, -0.2) is 28.3 Å². The van der Waals surface area contributed by atoms with Gasteiger partial charge in [0.05, 0.1) is 18.2 Å². The van der Waals surface area contributed by atoms with Crippen molar-refractivity contribution in [3.63, 3.8) is 0 Å². The molecule has 3 aromatic carbocycles. The Kier molecular flexibility index (Phi) is 6.80. The molecule has 1 aliphatic carbocycles. The number of nitrogens with one attached hydrogen (secondary N) is 1. The molecule has 4 nitrogen and oxygen atoms in total. The van der Waals surface area contributed by atoms with E-state index in [1.54, 1.807) is 0 Å². The zero-order chi connectivity index (χ0) is 21.6. The second kappa shape index (κ2) is 9.90. The number of aliphatic hydroxyl groups excluding tert-OH is 2. The van der Waals surface area contributed by atoms with Crippen LogP contribution in [0.4, 0.5) is 0 Å². The quantitative estimate of drug-likeness (QED) is 0.526. The summed E-state index contributed by atoms with van der Waals surface area (Å²) in [6.45, 7) is 0. The van der Waals surface area contributed by atoms with E-state index in [1.165, 1.54) is 0 Å². The topological polar surface area (TPSA) is 69.6 Å². The van der Waals surface area contributed by atoms with Crippen LogP contribution < -0.4 is 5.32 Å². The van der Waals surface area contributed by atoms with Crippen LogP contribution in [0.3, 0.4) is 0 Å². The van der Waals surface area contributed by atoms with Crippen LogP contribution in [0.25, 0.3) is 0 Å². The molecule has 4 atom stereocenters. The van der Waals surface area contributed by atoms with E-state index in [9.17, 15) is 15.0 Å². The minimum atomic E-state index is -0.632. The second-order valence-corrected chi connectivity index (χ2v) is 8.42. The first-order valence-electron chi connectivity index (χ1n) is 10.9. The standard InChI is InChI=1S/C27H29NO3/c29-23(16-20-11-5-2-6-12-20)17-22(15-19-9-3-1-4-10-19)27(31)28-26-24-14-8-7-13-21(24)18-25(26)30/h1-14,22-23,25-26,29-30H,15-18H2,(H,28,31)/t22-,23-,25-,26?/m1/s1. The van der Waals surface area contributed by atoms with Gasteiger partial charge in [0.15, 0.2) is 0 Å². The number of rotatable bonds is 8. The summed E-state index contributed by atoms with van der Waals surface area (Å²) in [7, 11) is 0. The summed E-state index contributed by atoms with van der Waals surface area (Å²) in [5, 5.41) is 24.4. The summed E-state index contributed by atoms with van der Waals surface area (Å²) >= 11 is 0. The largest absolute Gasteiger partial charge is 0.393 e. The van der Waals surface area contributed by atoms with Gasteiger partial charge in [0.1, 0.15) is 0 Å². The molecule has 0 bridgehead atoms. The van der Waals surface area contributed by atoms with Crippen molar-refractivity contribution in [3.05, 3.63) is 107 Å². The number of aliphatic hydroxyl groups is 2. The van der Waals surface area contributed by atoms with Gasteiger partial charge in [0, 0.05) is 12.3 Å². The first-order chi connectivity index (χ1) is 15.1. The molecule has 0 aliphatic heterocycles. The van der Waals surface area contributed by atoms with E-state index < -0.39 is 18.2 Å². The Hall–Kier alpha value is -2.95. The van der Waals surface area contributed by atoms with Crippen molar-refractivity contribution in [2.75, 3.05) is 0 Å². The maximum Gasteiger partial charge on any atom is 0.224 e. The third-order valence-electron chi connectivity index (χ3n) is 6.07. The molecule has 0 saturated carbocycles. The molecule has 0 aromatic heterocycles. The van der Waals surface area contributed by atoms with E-state index in [1.807, 2.05) is 84.9 Å². The van der Waals surface area contributed by atoms with Gasteiger partial charge in [-0.3, -0.25) is 4.79 Å². The van der Waals surface area contributed by atoms with Crippen molar-refractivity contribution in [2.45, 2.75) is 43.9 Å². The number of hydrogen-bond acceptors (Lipinski definition) is 3. The lowest BCUT2D eigenvalue weighted by Crippen LogP contribution is -2.39. The minimum Gasteiger partial charge on any atom is -0.393 e. The summed E-state index contributed by atoms with van der Waals surface area (Å²) in [6.07, 6.45) is 0.703. The highest BCUT2D eigenvalue weighted by molar-refractivity contribution is 5.79. The van der Waals surface area contributed by atoms with Gasteiger partial charge in [-0.2, -0.15) is 0 Å². The summed E-state index contributed by atoms with van der Waals surface area (Å²) < 4.78 is 0. The van der Waals surface area contributed by atoms with E-state index in [0.717, 1.165) is 22.3 Å². The van der Waals surface area contributed by atoms with Gasteiger partial charge < -0.3 is 15.5 Å². The number of hydrogen-bond donors (Lipinski definition) is 3. The third-order valence-corrected chi connectivity index (χ3v) is 6.07. The molecule has 1 aliphatic rings. The fourth-order valence-corrected chi connectivity index (χ4v) is 4.50. The zero-order valence-corrected chi connectivity index (χ0v) is 17.5. The van der Waals surface area contributed by atoms with E-state index >= 15 is 0 Å². The molecule has 160 valence electrons. The highest BCUT2D eigenvalue weighted by atomic mass is 16.3. The minimum absolute atomic E-state index is 0.128. The van der Waals surface area contributed by atoms with Crippen LogP contribution in [0.2, 0.25) is 0 Å². The number of benzene rings is 3. The molecule has 3 aromatic rings. The lowest BCUT2D eigenvalue weighted by atomic mass is 9.90. The molecule has 4 heteroatoms. The Morgan fingerprint density at radius 2 is 1.45 bits per heavy atom. The molecular formula is C27H29NO3. The predicted octanol–water partition coefficient (Wildman–Crippen LogP) is 3.61. The van der Waals surface area contributed by atoms with E-state index in [2.05, 4.69) is 5.32 Å². The molecule has 4 rings (SSSR count). The maximum atomic E-state index is 13.3. The number of fused-ring (bicyclic) bond motifs is 1. The monoisotopic (exact) mass is 415 g/mol. The van der Waals surface area contributed by atoms with Crippen molar-refractivity contribution < 1.29 is 15.0 Å². The van der Waals surface area contributed by atoms with Gasteiger partial charge >= 0.3 is 0 Å². The highest BCUT2D eigenvalue weighted by Crippen LogP contribution is 2.32. The Morgan fingerprint density at radius 3 is 2.13 bits per heavy atom. The Bertz CT molecular complexity index is 990. The predicted molar refractivity (Wildman–Crippen MR) is 121 cm³/mol. The van der Waals surface area contributed by atoms with Gasteiger partial charge in [-0.25, -0.2) is 0 Å². The van der Waals surface area contributed by atoms with Gasteiger partial charge in [0.25, 0.3) is 0 Å². The maximum absolute atomic E-state index is 13.3. The van der Waals surface area contributed by atoms with Crippen LogP contribution in [0.15, 0.2) is 84.9 Å². The molecule has 0 fully saturated rings. The van der Waals surface area contributed by atoms with Crippen molar-refractivity contribution >= 4 is 5.91 Å². The Morgan fingerprint density at radius 1 is 0.871 bits per heavy atom. The number of carbonyl (C=O) groups is 1. The van der Waals surface area contributed by atoms with Gasteiger partial charge in [-0.15, -0.1) is 0 Å². The average Bonchev–Trinajstić information content (AvgIpc) is 3.09. The second-order valence-electron chi connectivity index (χ2n) is 8.42. The molecular weight excluding hydrogens is 386 g/mol. The van der Waals surface area contributed by atoms with Crippen molar-refractivity contribution in [2.24, 2.45) is 5.92 Å². The lowest BCUT2D eigenvalue weighted by molar-refractivity contribution is -0.127. The summed E-state index contributed by atoms with van der Waals surface area (Å²) in [5.74, 6) is -0.516. The van der Waals surface area contributed by atoms with Crippen LogP contribution in [0, 0.1) is 5.92 Å². The SMILES string of the molecule is O=C(NC1c2ccccc2C[C@H]1O)[C@H](Cc1ccccc1)C[C@H](O)Cc1ccccc1. The zero-order valence-electron chi connectivity index (χ0n) is 17.5. The molecule has 31 heavy (non-hydrogen) atoms. The third kappa shape index (κ3) is 5.40. The summed E-state index contributed by atoms with van der Waals surface area (Å²) in [4.78, 5) is 13.3. The summed E-state index contributed by atoms with van der Waals surface area (Å²) in [6, 6.07) is 27.1. The van der Waals surface area contributed by atoms with Gasteiger partial charge in [-0.05, 0) is 41.5 Å². The van der Waals surface area contributed by atoms with Crippen LogP contribution in [0.5, 0.6) is 0 Å². The van der Waals surface area contributed by atoms with Gasteiger partial charge in [-0.1, -0.05) is 84.9 Å². The first kappa shape index (κ1) is 21.3. The highest BCUT2D eigenvalue weighted by Gasteiger charge is 2.34. The number of amides is 1. The Labute approximate surface area is 183 Å². The lowest BCUT2D eigenvalue weighted by Gasteiger charge is -2.24. The fourth-order valence-electron chi connectivity index (χ4n) is 4.50. The van der Waals surface area contributed by atoms with Crippen molar-refractivity contribution in [1.29, 1.82) is 0 Å². The fraction of sp³-hybridized carbons (Fsp3) is 0.296. The van der Waals surface area contributed by atoms with Gasteiger partial charge in [0.2, 0.25) is 5.91 Å². The molecule has 0 saturated heterocycles. The molecule has 1 amide bonds. The smallest absolute Gasteiger partial charge is 0.224 e. The molecule has 0 radical (unpaired) electrons. The summed E-state index contributed by atoms with van der Waals surface area (Å²) in [5.41, 5.74) is 4.16. The van der Waals surface area contributed by atoms with Crippen LogP contribution in [-0.2, 0) is 24.1 Å². The average molecular weight is 416 g/mol. The van der Waals surface area contributed by atoms with Crippen molar-refractivity contribution in [3.8, 4) is 0 Å². The molecule has 3 N–H and O–H groups in total. The molecule has 0 spiro atoms. The molecule has 1 unspecified atom stereocenters. The van der Waals surface area contributed by atoms with E-state index in [0.29, 0.717) is 25.7 Å².